The predicted octanol–water partition coefficient (Wildman–Crippen LogP) is 2.46. The van der Waals surface area contributed by atoms with E-state index in [9.17, 15) is 13.2 Å². The first-order valence-corrected chi connectivity index (χ1v) is 4.88. The molecule has 0 aromatic heterocycles. The number of hydrogen-bond donors (Lipinski definition) is 2. The number of aliphatic hydroxyl groups excluding tert-OH is 1. The summed E-state index contributed by atoms with van der Waals surface area (Å²) in [6, 6.07) is 2.55. The summed E-state index contributed by atoms with van der Waals surface area (Å²) >= 11 is 2.97. The van der Waals surface area contributed by atoms with Gasteiger partial charge in [0.25, 0.3) is 0 Å². The lowest BCUT2D eigenvalue weighted by Crippen LogP contribution is -2.16. The van der Waals surface area contributed by atoms with Gasteiger partial charge in [0.15, 0.2) is 0 Å². The maximum absolute atomic E-state index is 12.4. The van der Waals surface area contributed by atoms with E-state index in [1.54, 1.807) is 0 Å². The van der Waals surface area contributed by atoms with Crippen LogP contribution in [0.4, 0.5) is 13.2 Å². The summed E-state index contributed by atoms with van der Waals surface area (Å²) in [6.07, 6.45) is -4.41. The molecular formula is C9H9BrF3NO. The monoisotopic (exact) mass is 283 g/mol. The second-order valence-electron chi connectivity index (χ2n) is 3.06. The Bertz CT molecular complexity index is 354. The van der Waals surface area contributed by atoms with Crippen LogP contribution in [-0.4, -0.2) is 11.7 Å². The van der Waals surface area contributed by atoms with Gasteiger partial charge in [-0.05, 0) is 23.8 Å². The molecule has 0 aliphatic heterocycles. The van der Waals surface area contributed by atoms with Crippen molar-refractivity contribution in [2.45, 2.75) is 12.2 Å². The van der Waals surface area contributed by atoms with Gasteiger partial charge < -0.3 is 10.8 Å². The summed E-state index contributed by atoms with van der Waals surface area (Å²) in [4.78, 5) is 0. The van der Waals surface area contributed by atoms with E-state index in [-0.39, 0.29) is 10.0 Å². The third kappa shape index (κ3) is 3.19. The molecule has 0 heterocycles. The van der Waals surface area contributed by atoms with Crippen LogP contribution in [0, 0.1) is 0 Å². The van der Waals surface area contributed by atoms with Crippen LogP contribution in [-0.2, 0) is 6.18 Å². The normalized spacial score (nSPS) is 14.0. The van der Waals surface area contributed by atoms with Crippen molar-refractivity contribution in [2.75, 3.05) is 6.61 Å². The molecule has 1 atom stereocenters. The molecule has 84 valence electrons. The minimum absolute atomic E-state index is 0.249. The molecule has 1 unspecified atom stereocenters. The third-order valence-electron chi connectivity index (χ3n) is 1.87. The van der Waals surface area contributed by atoms with E-state index in [0.29, 0.717) is 0 Å². The van der Waals surface area contributed by atoms with Gasteiger partial charge in [-0.2, -0.15) is 13.2 Å². The van der Waals surface area contributed by atoms with Crippen molar-refractivity contribution >= 4 is 15.9 Å². The summed E-state index contributed by atoms with van der Waals surface area (Å²) in [7, 11) is 0. The summed E-state index contributed by atoms with van der Waals surface area (Å²) in [5.41, 5.74) is 4.90. The molecule has 0 aliphatic carbocycles. The number of rotatable bonds is 2. The largest absolute Gasteiger partial charge is 0.416 e. The fourth-order valence-electron chi connectivity index (χ4n) is 1.10. The fraction of sp³-hybridized carbons (Fsp3) is 0.333. The molecule has 0 spiro atoms. The number of nitrogens with two attached hydrogens (primary N) is 1. The number of halogens is 4. The minimum Gasteiger partial charge on any atom is -0.394 e. The molecular weight excluding hydrogens is 275 g/mol. The molecule has 1 aromatic carbocycles. The van der Waals surface area contributed by atoms with E-state index in [2.05, 4.69) is 15.9 Å². The predicted molar refractivity (Wildman–Crippen MR) is 53.2 cm³/mol. The van der Waals surface area contributed by atoms with Crippen LogP contribution in [0.1, 0.15) is 17.2 Å². The molecule has 3 N–H and O–H groups in total. The zero-order valence-electron chi connectivity index (χ0n) is 7.55. The van der Waals surface area contributed by atoms with Crippen molar-refractivity contribution in [2.24, 2.45) is 5.73 Å². The fourth-order valence-corrected chi connectivity index (χ4v) is 1.61. The van der Waals surface area contributed by atoms with E-state index in [0.717, 1.165) is 12.1 Å². The van der Waals surface area contributed by atoms with Gasteiger partial charge in [0.1, 0.15) is 0 Å². The van der Waals surface area contributed by atoms with Crippen LogP contribution in [0.25, 0.3) is 0 Å². The van der Waals surface area contributed by atoms with Crippen LogP contribution in [0.5, 0.6) is 0 Å². The number of alkyl halides is 3. The lowest BCUT2D eigenvalue weighted by molar-refractivity contribution is -0.137. The van der Waals surface area contributed by atoms with Crippen LogP contribution in [0.2, 0.25) is 0 Å². The van der Waals surface area contributed by atoms with Gasteiger partial charge >= 0.3 is 6.18 Å². The molecule has 0 saturated carbocycles. The highest BCUT2D eigenvalue weighted by molar-refractivity contribution is 9.10. The van der Waals surface area contributed by atoms with Gasteiger partial charge in [0, 0.05) is 4.47 Å². The quantitative estimate of drug-likeness (QED) is 0.876. The van der Waals surface area contributed by atoms with Gasteiger partial charge in [-0.1, -0.05) is 15.9 Å². The maximum Gasteiger partial charge on any atom is 0.416 e. The standard InChI is InChI=1S/C9H9BrF3NO/c10-7-2-5(8(14)4-15)1-6(3-7)9(11,12)13/h1-3,8,15H,4,14H2. The molecule has 15 heavy (non-hydrogen) atoms. The van der Waals surface area contributed by atoms with Gasteiger partial charge in [0.05, 0.1) is 18.2 Å². The molecule has 0 bridgehead atoms. The smallest absolute Gasteiger partial charge is 0.394 e. The van der Waals surface area contributed by atoms with Crippen molar-refractivity contribution in [1.29, 1.82) is 0 Å². The van der Waals surface area contributed by atoms with E-state index in [1.165, 1.54) is 6.07 Å². The lowest BCUT2D eigenvalue weighted by Gasteiger charge is -2.13. The Balaban J connectivity index is 3.17. The Morgan fingerprint density at radius 1 is 1.33 bits per heavy atom. The average Bonchev–Trinajstić information content (AvgIpc) is 2.14. The van der Waals surface area contributed by atoms with Gasteiger partial charge in [0.2, 0.25) is 0 Å². The highest BCUT2D eigenvalue weighted by atomic mass is 79.9. The zero-order chi connectivity index (χ0) is 11.6. The van der Waals surface area contributed by atoms with Crippen LogP contribution >= 0.6 is 15.9 Å². The highest BCUT2D eigenvalue weighted by Gasteiger charge is 2.31. The van der Waals surface area contributed by atoms with Gasteiger partial charge in [-0.25, -0.2) is 0 Å². The summed E-state index contributed by atoms with van der Waals surface area (Å²) in [5, 5.41) is 8.75. The number of hydrogen-bond acceptors (Lipinski definition) is 2. The summed E-state index contributed by atoms with van der Waals surface area (Å²) in [5.74, 6) is 0. The first kappa shape index (κ1) is 12.5. The molecule has 0 fully saturated rings. The molecule has 0 saturated heterocycles. The molecule has 2 nitrogen and oxygen atoms in total. The first-order valence-electron chi connectivity index (χ1n) is 4.08. The van der Waals surface area contributed by atoms with Crippen molar-refractivity contribution in [3.8, 4) is 0 Å². The Hall–Kier alpha value is -0.590. The number of aliphatic hydroxyl groups is 1. The van der Waals surface area contributed by atoms with Gasteiger partial charge in [-0.3, -0.25) is 0 Å². The average molecular weight is 284 g/mol. The Morgan fingerprint density at radius 2 is 1.93 bits per heavy atom. The zero-order valence-corrected chi connectivity index (χ0v) is 9.14. The Kier molecular flexibility index (Phi) is 3.75. The van der Waals surface area contributed by atoms with E-state index >= 15 is 0 Å². The van der Waals surface area contributed by atoms with Crippen LogP contribution < -0.4 is 5.73 Å². The summed E-state index contributed by atoms with van der Waals surface area (Å²) in [6.45, 7) is -0.395. The second kappa shape index (κ2) is 4.51. The molecule has 1 aromatic rings. The SMILES string of the molecule is NC(CO)c1cc(Br)cc(C(F)(F)F)c1. The third-order valence-corrected chi connectivity index (χ3v) is 2.33. The highest BCUT2D eigenvalue weighted by Crippen LogP contribution is 2.32. The molecule has 0 amide bonds. The lowest BCUT2D eigenvalue weighted by atomic mass is 10.1. The summed E-state index contributed by atoms with van der Waals surface area (Å²) < 4.78 is 37.5. The topological polar surface area (TPSA) is 46.2 Å². The molecule has 1 rings (SSSR count). The van der Waals surface area contributed by atoms with Crippen molar-refractivity contribution in [3.63, 3.8) is 0 Å². The Labute approximate surface area is 93.0 Å². The van der Waals surface area contributed by atoms with Crippen LogP contribution in [0.3, 0.4) is 0 Å². The van der Waals surface area contributed by atoms with E-state index in [1.807, 2.05) is 0 Å². The van der Waals surface area contributed by atoms with E-state index < -0.39 is 24.4 Å². The second-order valence-corrected chi connectivity index (χ2v) is 3.98. The van der Waals surface area contributed by atoms with Crippen molar-refractivity contribution in [3.05, 3.63) is 33.8 Å². The van der Waals surface area contributed by atoms with Gasteiger partial charge in [-0.15, -0.1) is 0 Å². The Morgan fingerprint density at radius 3 is 2.40 bits per heavy atom. The molecule has 0 radical (unpaired) electrons. The molecule has 0 aliphatic rings. The first-order chi connectivity index (χ1) is 6.84. The van der Waals surface area contributed by atoms with Crippen LogP contribution in [0.15, 0.2) is 22.7 Å². The van der Waals surface area contributed by atoms with Crippen molar-refractivity contribution < 1.29 is 18.3 Å². The minimum atomic E-state index is -4.41. The maximum atomic E-state index is 12.4. The number of benzene rings is 1. The molecule has 6 heteroatoms. The van der Waals surface area contributed by atoms with E-state index in [4.69, 9.17) is 10.8 Å². The van der Waals surface area contributed by atoms with Crippen molar-refractivity contribution in [1.82, 2.24) is 0 Å².